The van der Waals surface area contributed by atoms with Gasteiger partial charge >= 0.3 is 0 Å². The quantitative estimate of drug-likeness (QED) is 0.698. The zero-order valence-corrected chi connectivity index (χ0v) is 11.7. The summed E-state index contributed by atoms with van der Waals surface area (Å²) in [6.07, 6.45) is 3.62. The third-order valence-corrected chi connectivity index (χ3v) is 4.20. The average molecular weight is 244 g/mol. The lowest BCUT2D eigenvalue weighted by molar-refractivity contribution is -0.105. The molecular formula is C13H28N2O2. The summed E-state index contributed by atoms with van der Waals surface area (Å²) in [7, 11) is 3.54. The maximum Gasteiger partial charge on any atom is 0.0607 e. The summed E-state index contributed by atoms with van der Waals surface area (Å²) < 4.78 is 10.6. The van der Waals surface area contributed by atoms with E-state index < -0.39 is 0 Å². The number of methoxy groups -OCH3 is 2. The second-order valence-electron chi connectivity index (χ2n) is 5.14. The number of hydrogen-bond donors (Lipinski definition) is 1. The molecule has 0 spiro atoms. The van der Waals surface area contributed by atoms with Crippen molar-refractivity contribution in [2.45, 2.75) is 50.8 Å². The first kappa shape index (κ1) is 14.9. The monoisotopic (exact) mass is 244 g/mol. The Balaban J connectivity index is 2.66. The summed E-state index contributed by atoms with van der Waals surface area (Å²) in [5.74, 6) is 0. The maximum absolute atomic E-state index is 6.01. The molecule has 1 saturated carbocycles. The van der Waals surface area contributed by atoms with E-state index in [4.69, 9.17) is 15.2 Å². The lowest BCUT2D eigenvalue weighted by atomic mass is 9.72. The van der Waals surface area contributed by atoms with Crippen LogP contribution < -0.4 is 5.73 Å². The summed E-state index contributed by atoms with van der Waals surface area (Å²) in [5.41, 5.74) is 6.15. The van der Waals surface area contributed by atoms with E-state index >= 15 is 0 Å². The molecule has 4 heteroatoms. The molecule has 102 valence electrons. The third-order valence-electron chi connectivity index (χ3n) is 4.20. The van der Waals surface area contributed by atoms with Crippen molar-refractivity contribution in [2.75, 3.05) is 33.9 Å². The number of rotatable bonds is 8. The predicted octanol–water partition coefficient (Wildman–Crippen LogP) is 1.24. The first-order chi connectivity index (χ1) is 8.13. The second kappa shape index (κ2) is 6.69. The Morgan fingerprint density at radius 3 is 2.47 bits per heavy atom. The molecule has 1 aliphatic rings. The van der Waals surface area contributed by atoms with Crippen molar-refractivity contribution in [3.8, 4) is 0 Å². The molecule has 1 atom stereocenters. The van der Waals surface area contributed by atoms with E-state index in [9.17, 15) is 0 Å². The normalized spacial score (nSPS) is 30.4. The van der Waals surface area contributed by atoms with Crippen LogP contribution in [0.15, 0.2) is 0 Å². The highest BCUT2D eigenvalue weighted by Crippen LogP contribution is 2.40. The molecule has 2 N–H and O–H groups in total. The zero-order chi connectivity index (χ0) is 12.9. The van der Waals surface area contributed by atoms with Gasteiger partial charge < -0.3 is 15.2 Å². The van der Waals surface area contributed by atoms with E-state index in [1.807, 2.05) is 0 Å². The van der Waals surface area contributed by atoms with Gasteiger partial charge in [0.25, 0.3) is 0 Å². The SMILES string of the molecule is CCC(C)N(CCOC)C1(CN)CC(OC)C1. The number of hydrogen-bond acceptors (Lipinski definition) is 4. The molecule has 1 aliphatic carbocycles. The van der Waals surface area contributed by atoms with Crippen LogP contribution in [0.5, 0.6) is 0 Å². The van der Waals surface area contributed by atoms with Crippen LogP contribution in [-0.2, 0) is 9.47 Å². The molecule has 1 rings (SSSR count). The predicted molar refractivity (Wildman–Crippen MR) is 70.2 cm³/mol. The minimum absolute atomic E-state index is 0.134. The fraction of sp³-hybridized carbons (Fsp3) is 1.00. The molecule has 0 aromatic heterocycles. The fourth-order valence-corrected chi connectivity index (χ4v) is 2.81. The van der Waals surface area contributed by atoms with Gasteiger partial charge in [0.05, 0.1) is 12.7 Å². The fourth-order valence-electron chi connectivity index (χ4n) is 2.81. The van der Waals surface area contributed by atoms with Gasteiger partial charge in [-0.15, -0.1) is 0 Å². The highest BCUT2D eigenvalue weighted by atomic mass is 16.5. The van der Waals surface area contributed by atoms with Crippen molar-refractivity contribution in [1.29, 1.82) is 0 Å². The van der Waals surface area contributed by atoms with Gasteiger partial charge in [-0.3, -0.25) is 4.90 Å². The molecule has 1 unspecified atom stereocenters. The standard InChI is InChI=1S/C13H28N2O2/c1-5-11(2)15(6-7-16-3)13(10-14)8-12(9-13)17-4/h11-12H,5-10,14H2,1-4H3. The summed E-state index contributed by atoms with van der Waals surface area (Å²) >= 11 is 0. The summed E-state index contributed by atoms with van der Waals surface area (Å²) in [4.78, 5) is 2.52. The smallest absolute Gasteiger partial charge is 0.0607 e. The van der Waals surface area contributed by atoms with Gasteiger partial charge in [0.1, 0.15) is 0 Å². The van der Waals surface area contributed by atoms with Crippen LogP contribution in [0, 0.1) is 0 Å². The summed E-state index contributed by atoms with van der Waals surface area (Å²) in [6, 6.07) is 0.548. The Bertz CT molecular complexity index is 217. The first-order valence-corrected chi connectivity index (χ1v) is 6.62. The van der Waals surface area contributed by atoms with E-state index in [0.29, 0.717) is 18.7 Å². The molecule has 0 saturated heterocycles. The van der Waals surface area contributed by atoms with Crippen LogP contribution in [0.2, 0.25) is 0 Å². The Morgan fingerprint density at radius 2 is 2.06 bits per heavy atom. The Labute approximate surface area is 105 Å². The molecule has 0 heterocycles. The number of nitrogens with zero attached hydrogens (tertiary/aromatic N) is 1. The molecule has 0 aromatic rings. The highest BCUT2D eigenvalue weighted by Gasteiger charge is 2.48. The summed E-state index contributed by atoms with van der Waals surface area (Å²) in [6.45, 7) is 6.93. The average Bonchev–Trinajstić information content (AvgIpc) is 2.31. The van der Waals surface area contributed by atoms with Crippen LogP contribution in [-0.4, -0.2) is 56.5 Å². The molecule has 0 radical (unpaired) electrons. The molecule has 0 aliphatic heterocycles. The van der Waals surface area contributed by atoms with Gasteiger partial charge in [-0.05, 0) is 26.2 Å². The zero-order valence-electron chi connectivity index (χ0n) is 11.7. The Kier molecular flexibility index (Phi) is 5.86. The van der Waals surface area contributed by atoms with E-state index in [2.05, 4.69) is 18.7 Å². The van der Waals surface area contributed by atoms with E-state index in [-0.39, 0.29) is 5.54 Å². The molecule has 1 fully saturated rings. The van der Waals surface area contributed by atoms with Crippen molar-refractivity contribution in [2.24, 2.45) is 5.73 Å². The second-order valence-corrected chi connectivity index (χ2v) is 5.14. The van der Waals surface area contributed by atoms with Gasteiger partial charge in [0, 0.05) is 38.9 Å². The topological polar surface area (TPSA) is 47.7 Å². The van der Waals surface area contributed by atoms with Crippen molar-refractivity contribution >= 4 is 0 Å². The molecular weight excluding hydrogens is 216 g/mol. The van der Waals surface area contributed by atoms with Crippen LogP contribution >= 0.6 is 0 Å². The number of ether oxygens (including phenoxy) is 2. The Morgan fingerprint density at radius 1 is 1.41 bits per heavy atom. The van der Waals surface area contributed by atoms with Crippen LogP contribution in [0.25, 0.3) is 0 Å². The van der Waals surface area contributed by atoms with E-state index in [0.717, 1.165) is 32.4 Å². The van der Waals surface area contributed by atoms with Crippen molar-refractivity contribution < 1.29 is 9.47 Å². The maximum atomic E-state index is 6.01. The minimum atomic E-state index is 0.134. The molecule has 17 heavy (non-hydrogen) atoms. The highest BCUT2D eigenvalue weighted by molar-refractivity contribution is 5.05. The van der Waals surface area contributed by atoms with E-state index in [1.165, 1.54) is 0 Å². The first-order valence-electron chi connectivity index (χ1n) is 6.62. The van der Waals surface area contributed by atoms with Crippen LogP contribution in [0.4, 0.5) is 0 Å². The van der Waals surface area contributed by atoms with Crippen LogP contribution in [0.1, 0.15) is 33.1 Å². The van der Waals surface area contributed by atoms with Crippen molar-refractivity contribution in [3.63, 3.8) is 0 Å². The lowest BCUT2D eigenvalue weighted by Gasteiger charge is -2.55. The van der Waals surface area contributed by atoms with Crippen molar-refractivity contribution in [1.82, 2.24) is 4.90 Å². The lowest BCUT2D eigenvalue weighted by Crippen LogP contribution is -2.66. The van der Waals surface area contributed by atoms with Gasteiger partial charge in [-0.2, -0.15) is 0 Å². The number of nitrogens with two attached hydrogens (primary N) is 1. The molecule has 0 aromatic carbocycles. The van der Waals surface area contributed by atoms with Gasteiger partial charge in [-0.25, -0.2) is 0 Å². The third kappa shape index (κ3) is 3.19. The van der Waals surface area contributed by atoms with E-state index in [1.54, 1.807) is 14.2 Å². The summed E-state index contributed by atoms with van der Waals surface area (Å²) in [5, 5.41) is 0. The minimum Gasteiger partial charge on any atom is -0.383 e. The molecule has 0 bridgehead atoms. The Hall–Kier alpha value is -0.160. The van der Waals surface area contributed by atoms with Crippen LogP contribution in [0.3, 0.4) is 0 Å². The van der Waals surface area contributed by atoms with Gasteiger partial charge in [0.15, 0.2) is 0 Å². The van der Waals surface area contributed by atoms with Gasteiger partial charge in [0.2, 0.25) is 0 Å². The largest absolute Gasteiger partial charge is 0.383 e. The van der Waals surface area contributed by atoms with Crippen molar-refractivity contribution in [3.05, 3.63) is 0 Å². The molecule has 0 amide bonds. The molecule has 4 nitrogen and oxygen atoms in total. The van der Waals surface area contributed by atoms with Gasteiger partial charge in [-0.1, -0.05) is 6.92 Å².